The molecule has 0 fully saturated rings. The number of oxime groups is 1. The van der Waals surface area contributed by atoms with Gasteiger partial charge < -0.3 is 4.84 Å². The summed E-state index contributed by atoms with van der Waals surface area (Å²) in [6.07, 6.45) is 3.41. The number of hydrogen-bond acceptors (Lipinski definition) is 4. The predicted octanol–water partition coefficient (Wildman–Crippen LogP) is 4.91. The Labute approximate surface area is 139 Å². The molecule has 2 aromatic heterocycles. The van der Waals surface area contributed by atoms with Crippen molar-refractivity contribution in [2.75, 3.05) is 0 Å². The summed E-state index contributed by atoms with van der Waals surface area (Å²) in [7, 11) is 0. The Hall–Kier alpha value is -1.27. The number of hydrogen-bond donors (Lipinski definition) is 0. The summed E-state index contributed by atoms with van der Waals surface area (Å²) in [5.74, 6) is 0. The Bertz CT molecular complexity index is 812. The minimum absolute atomic E-state index is 0.288. The molecule has 0 spiro atoms. The summed E-state index contributed by atoms with van der Waals surface area (Å²) < 4.78 is 1.85. The molecule has 0 atom stereocenters. The van der Waals surface area contributed by atoms with Gasteiger partial charge in [-0.1, -0.05) is 46.0 Å². The van der Waals surface area contributed by atoms with Crippen LogP contribution in [0.25, 0.3) is 4.96 Å². The van der Waals surface area contributed by atoms with E-state index in [9.17, 15) is 0 Å². The maximum absolute atomic E-state index is 6.04. The predicted molar refractivity (Wildman–Crippen MR) is 86.9 cm³/mol. The molecule has 1 aromatic carbocycles. The molecule has 0 amide bonds. The van der Waals surface area contributed by atoms with Crippen molar-refractivity contribution in [3.05, 3.63) is 56.2 Å². The van der Waals surface area contributed by atoms with Gasteiger partial charge >= 0.3 is 0 Å². The van der Waals surface area contributed by atoms with Crippen molar-refractivity contribution in [3.63, 3.8) is 0 Å². The van der Waals surface area contributed by atoms with Gasteiger partial charge in [-0.15, -0.1) is 11.3 Å². The third-order valence-electron chi connectivity index (χ3n) is 2.72. The Morgan fingerprint density at radius 1 is 1.29 bits per heavy atom. The second-order valence-electron chi connectivity index (χ2n) is 4.10. The molecule has 108 valence electrons. The van der Waals surface area contributed by atoms with Crippen LogP contribution in [0.5, 0.6) is 0 Å². The van der Waals surface area contributed by atoms with Crippen molar-refractivity contribution >= 4 is 57.3 Å². The van der Waals surface area contributed by atoms with Crippen LogP contribution in [0.2, 0.25) is 15.2 Å². The molecule has 0 bridgehead atoms. The van der Waals surface area contributed by atoms with Crippen molar-refractivity contribution in [1.82, 2.24) is 9.38 Å². The summed E-state index contributed by atoms with van der Waals surface area (Å²) in [6.45, 7) is 0.288. The average molecular weight is 361 g/mol. The molecule has 0 radical (unpaired) electrons. The number of nitrogens with zero attached hydrogens (tertiary/aromatic N) is 3. The molecule has 2 heterocycles. The highest BCUT2D eigenvalue weighted by Gasteiger charge is 2.08. The fourth-order valence-corrected chi connectivity index (χ4v) is 3.03. The lowest BCUT2D eigenvalue weighted by Gasteiger charge is -2.01. The van der Waals surface area contributed by atoms with Gasteiger partial charge in [0.1, 0.15) is 12.3 Å². The van der Waals surface area contributed by atoms with Gasteiger partial charge in [-0.3, -0.25) is 4.40 Å². The van der Waals surface area contributed by atoms with E-state index in [0.29, 0.717) is 20.9 Å². The summed E-state index contributed by atoms with van der Waals surface area (Å²) in [6, 6.07) is 5.28. The molecular formula is C13H8Cl3N3OS. The van der Waals surface area contributed by atoms with Crippen molar-refractivity contribution < 1.29 is 4.84 Å². The third-order valence-corrected chi connectivity index (χ3v) is 4.49. The van der Waals surface area contributed by atoms with Crippen LogP contribution in [0.3, 0.4) is 0 Å². The number of fused-ring (bicyclic) bond motifs is 1. The zero-order valence-corrected chi connectivity index (χ0v) is 13.5. The Morgan fingerprint density at radius 3 is 2.95 bits per heavy atom. The highest BCUT2D eigenvalue weighted by Crippen LogP contribution is 2.23. The molecular weight excluding hydrogens is 353 g/mol. The van der Waals surface area contributed by atoms with Crippen molar-refractivity contribution in [1.29, 1.82) is 0 Å². The van der Waals surface area contributed by atoms with E-state index in [2.05, 4.69) is 10.1 Å². The van der Waals surface area contributed by atoms with Gasteiger partial charge in [-0.05, 0) is 17.7 Å². The standard InChI is InChI=1S/C13H8Cl3N3OS/c14-9-2-1-8(5-10(9)15)7-20-17-6-11-12(16)18-13-19(11)3-4-21-13/h1-6H,7H2/b17-6+. The summed E-state index contributed by atoms with van der Waals surface area (Å²) in [5, 5.41) is 7.22. The fraction of sp³-hybridized carbons (Fsp3) is 0.0769. The molecule has 0 aliphatic heterocycles. The number of imidazole rings is 1. The quantitative estimate of drug-likeness (QED) is 0.490. The minimum Gasteiger partial charge on any atom is -0.391 e. The third kappa shape index (κ3) is 3.16. The molecule has 0 aliphatic rings. The Morgan fingerprint density at radius 2 is 2.14 bits per heavy atom. The smallest absolute Gasteiger partial charge is 0.195 e. The maximum atomic E-state index is 6.04. The van der Waals surface area contributed by atoms with Crippen molar-refractivity contribution in [2.45, 2.75) is 6.61 Å². The monoisotopic (exact) mass is 359 g/mol. The zero-order valence-electron chi connectivity index (χ0n) is 10.5. The van der Waals surface area contributed by atoms with E-state index in [1.807, 2.05) is 22.0 Å². The number of thiazole rings is 1. The minimum atomic E-state index is 0.288. The largest absolute Gasteiger partial charge is 0.391 e. The zero-order chi connectivity index (χ0) is 14.8. The number of rotatable bonds is 4. The van der Waals surface area contributed by atoms with Gasteiger partial charge in [-0.2, -0.15) is 0 Å². The summed E-state index contributed by atoms with van der Waals surface area (Å²) in [5.41, 5.74) is 1.56. The maximum Gasteiger partial charge on any atom is 0.195 e. The van der Waals surface area contributed by atoms with E-state index in [1.54, 1.807) is 12.1 Å². The van der Waals surface area contributed by atoms with E-state index >= 15 is 0 Å². The van der Waals surface area contributed by atoms with Gasteiger partial charge in [0, 0.05) is 11.6 Å². The van der Waals surface area contributed by atoms with E-state index in [1.165, 1.54) is 17.6 Å². The van der Waals surface area contributed by atoms with Crippen LogP contribution in [0.4, 0.5) is 0 Å². The normalized spacial score (nSPS) is 11.6. The molecule has 3 rings (SSSR count). The van der Waals surface area contributed by atoms with Gasteiger partial charge in [0.05, 0.1) is 16.3 Å². The van der Waals surface area contributed by atoms with Gasteiger partial charge in [0.15, 0.2) is 10.1 Å². The average Bonchev–Trinajstić information content (AvgIpc) is 3.00. The highest BCUT2D eigenvalue weighted by molar-refractivity contribution is 7.15. The molecule has 0 N–H and O–H groups in total. The van der Waals surface area contributed by atoms with E-state index in [-0.39, 0.29) is 6.61 Å². The van der Waals surface area contributed by atoms with Crippen LogP contribution < -0.4 is 0 Å². The first kappa shape index (κ1) is 14.7. The SMILES string of the molecule is Clc1ccc(CO/N=C/c2c(Cl)nc3sccn23)cc1Cl. The number of halogens is 3. The van der Waals surface area contributed by atoms with Crippen LogP contribution in [0.15, 0.2) is 34.9 Å². The van der Waals surface area contributed by atoms with Crippen LogP contribution >= 0.6 is 46.1 Å². The number of aromatic nitrogens is 2. The highest BCUT2D eigenvalue weighted by atomic mass is 35.5. The molecule has 4 nitrogen and oxygen atoms in total. The molecule has 0 unspecified atom stereocenters. The first-order chi connectivity index (χ1) is 10.1. The fourth-order valence-electron chi connectivity index (χ4n) is 1.72. The molecule has 0 saturated heterocycles. The topological polar surface area (TPSA) is 38.9 Å². The second-order valence-corrected chi connectivity index (χ2v) is 6.15. The van der Waals surface area contributed by atoms with Crippen molar-refractivity contribution in [3.8, 4) is 0 Å². The van der Waals surface area contributed by atoms with Gasteiger partial charge in [-0.25, -0.2) is 4.98 Å². The number of benzene rings is 1. The van der Waals surface area contributed by atoms with Crippen LogP contribution in [0.1, 0.15) is 11.3 Å². The summed E-state index contributed by atoms with van der Waals surface area (Å²) >= 11 is 19.3. The molecule has 0 aliphatic carbocycles. The lowest BCUT2D eigenvalue weighted by atomic mass is 10.2. The van der Waals surface area contributed by atoms with Gasteiger partial charge in [0.25, 0.3) is 0 Å². The summed E-state index contributed by atoms with van der Waals surface area (Å²) in [4.78, 5) is 10.3. The van der Waals surface area contributed by atoms with E-state index in [0.717, 1.165) is 10.5 Å². The second kappa shape index (κ2) is 6.23. The van der Waals surface area contributed by atoms with E-state index < -0.39 is 0 Å². The molecule has 3 aromatic rings. The van der Waals surface area contributed by atoms with Crippen LogP contribution in [-0.2, 0) is 11.4 Å². The lowest BCUT2D eigenvalue weighted by molar-refractivity contribution is 0.132. The molecule has 0 saturated carbocycles. The Kier molecular flexibility index (Phi) is 4.35. The lowest BCUT2D eigenvalue weighted by Crippen LogP contribution is -1.91. The first-order valence-corrected chi connectivity index (χ1v) is 7.87. The van der Waals surface area contributed by atoms with E-state index in [4.69, 9.17) is 39.6 Å². The Balaban J connectivity index is 1.68. The van der Waals surface area contributed by atoms with Crippen molar-refractivity contribution in [2.24, 2.45) is 5.16 Å². The molecule has 21 heavy (non-hydrogen) atoms. The van der Waals surface area contributed by atoms with Crippen LogP contribution in [-0.4, -0.2) is 15.6 Å². The first-order valence-electron chi connectivity index (χ1n) is 5.85. The molecule has 8 heteroatoms. The van der Waals surface area contributed by atoms with Crippen LogP contribution in [0, 0.1) is 0 Å². The van der Waals surface area contributed by atoms with Gasteiger partial charge in [0.2, 0.25) is 0 Å².